The van der Waals surface area contributed by atoms with Gasteiger partial charge >= 0.3 is 0 Å². The molecular formula is C25H24Br2N4O4. The van der Waals surface area contributed by atoms with Crippen LogP contribution in [0.25, 0.3) is 0 Å². The Morgan fingerprint density at radius 1 is 1.09 bits per heavy atom. The van der Waals surface area contributed by atoms with Crippen LogP contribution in [-0.4, -0.2) is 36.2 Å². The van der Waals surface area contributed by atoms with E-state index in [0.29, 0.717) is 39.4 Å². The third kappa shape index (κ3) is 7.37. The zero-order valence-electron chi connectivity index (χ0n) is 19.4. The fraction of sp³-hybridized carbons (Fsp3) is 0.200. The van der Waals surface area contributed by atoms with Crippen molar-refractivity contribution in [3.05, 3.63) is 80.0 Å². The maximum atomic E-state index is 12.5. The van der Waals surface area contributed by atoms with Gasteiger partial charge in [-0.1, -0.05) is 0 Å². The maximum Gasteiger partial charge on any atom is 0.272 e. The molecule has 0 spiro atoms. The first kappa shape index (κ1) is 26.4. The number of nitrogens with zero attached hydrogens (tertiary/aromatic N) is 2. The molecule has 0 atom stereocenters. The molecule has 0 aliphatic rings. The maximum absolute atomic E-state index is 12.5. The average molecular weight is 604 g/mol. The summed E-state index contributed by atoms with van der Waals surface area (Å²) in [5.41, 5.74) is 6.37. The Kier molecular flexibility index (Phi) is 9.39. The number of pyridine rings is 1. The Bertz CT molecular complexity index is 1250. The molecule has 0 aliphatic carbocycles. The van der Waals surface area contributed by atoms with E-state index in [2.05, 4.69) is 52.7 Å². The second kappa shape index (κ2) is 12.5. The van der Waals surface area contributed by atoms with Gasteiger partial charge in [0.2, 0.25) is 0 Å². The number of carbonyl (C=O) groups is 2. The lowest BCUT2D eigenvalue weighted by Gasteiger charge is -2.15. The van der Waals surface area contributed by atoms with Gasteiger partial charge in [0.1, 0.15) is 0 Å². The predicted octanol–water partition coefficient (Wildman–Crippen LogP) is 5.40. The summed E-state index contributed by atoms with van der Waals surface area (Å²) in [6.07, 6.45) is 4.52. The van der Waals surface area contributed by atoms with Crippen molar-refractivity contribution in [2.75, 3.05) is 18.5 Å². The lowest BCUT2D eigenvalue weighted by atomic mass is 10.1. The molecule has 0 bridgehead atoms. The summed E-state index contributed by atoms with van der Waals surface area (Å²) in [7, 11) is 0. The van der Waals surface area contributed by atoms with E-state index in [0.717, 1.165) is 15.6 Å². The molecule has 0 saturated heterocycles. The van der Waals surface area contributed by atoms with Gasteiger partial charge in [0.15, 0.2) is 18.1 Å². The topological polar surface area (TPSA) is 102 Å². The van der Waals surface area contributed by atoms with Crippen molar-refractivity contribution in [1.82, 2.24) is 10.4 Å². The molecule has 2 N–H and O–H groups in total. The summed E-state index contributed by atoms with van der Waals surface area (Å²) in [6.45, 7) is 6.01. The van der Waals surface area contributed by atoms with E-state index in [1.54, 1.807) is 30.5 Å². The van der Waals surface area contributed by atoms with Crippen molar-refractivity contribution in [2.24, 2.45) is 5.10 Å². The quantitative estimate of drug-likeness (QED) is 0.252. The molecule has 0 radical (unpaired) electrons. The van der Waals surface area contributed by atoms with Crippen molar-refractivity contribution < 1.29 is 19.1 Å². The lowest BCUT2D eigenvalue weighted by Crippen LogP contribution is -2.21. The second-order valence-corrected chi connectivity index (χ2v) is 9.17. The highest BCUT2D eigenvalue weighted by atomic mass is 79.9. The van der Waals surface area contributed by atoms with Crippen molar-refractivity contribution in [3.8, 4) is 11.5 Å². The molecule has 10 heteroatoms. The minimum absolute atomic E-state index is 0.216. The summed E-state index contributed by atoms with van der Waals surface area (Å²) in [4.78, 5) is 28.5. The summed E-state index contributed by atoms with van der Waals surface area (Å²) in [6, 6.07) is 10.6. The first-order valence-electron chi connectivity index (χ1n) is 10.7. The van der Waals surface area contributed by atoms with E-state index in [1.807, 2.05) is 32.9 Å². The number of hydrazone groups is 1. The molecule has 35 heavy (non-hydrogen) atoms. The molecule has 0 aliphatic heterocycles. The van der Waals surface area contributed by atoms with Gasteiger partial charge in [-0.25, -0.2) is 5.43 Å². The zero-order chi connectivity index (χ0) is 25.4. The van der Waals surface area contributed by atoms with Gasteiger partial charge in [-0.15, -0.1) is 0 Å². The van der Waals surface area contributed by atoms with Gasteiger partial charge in [0.25, 0.3) is 11.8 Å². The minimum Gasteiger partial charge on any atom is -0.490 e. The van der Waals surface area contributed by atoms with Crippen LogP contribution in [0.2, 0.25) is 0 Å². The van der Waals surface area contributed by atoms with E-state index in [1.165, 1.54) is 12.4 Å². The standard InChI is InChI=1S/C25H24Br2N4O4/c1-4-34-22-11-17(12-29-31-25(33)18-6-5-7-28-13-18)10-20(27)24(22)35-14-23(32)30-21-9-16(3)15(2)8-19(21)26/h5-13H,4,14H2,1-3H3,(H,30,32)(H,31,33)/b29-12+. The molecule has 1 heterocycles. The number of aromatic nitrogens is 1. The Balaban J connectivity index is 1.68. The fourth-order valence-corrected chi connectivity index (χ4v) is 4.12. The van der Waals surface area contributed by atoms with Crippen LogP contribution < -0.4 is 20.2 Å². The van der Waals surface area contributed by atoms with Gasteiger partial charge in [0.05, 0.1) is 28.5 Å². The summed E-state index contributed by atoms with van der Waals surface area (Å²) < 4.78 is 12.9. The minimum atomic E-state index is -0.375. The van der Waals surface area contributed by atoms with Crippen LogP contribution in [0, 0.1) is 13.8 Å². The number of carbonyl (C=O) groups excluding carboxylic acids is 2. The molecule has 0 fully saturated rings. The Labute approximate surface area is 220 Å². The molecule has 0 unspecified atom stereocenters. The van der Waals surface area contributed by atoms with Crippen molar-refractivity contribution in [1.29, 1.82) is 0 Å². The van der Waals surface area contributed by atoms with Gasteiger partial charge in [0, 0.05) is 16.9 Å². The lowest BCUT2D eigenvalue weighted by molar-refractivity contribution is -0.118. The van der Waals surface area contributed by atoms with Crippen molar-refractivity contribution >= 4 is 55.6 Å². The number of nitrogens with one attached hydrogen (secondary N) is 2. The van der Waals surface area contributed by atoms with E-state index in [-0.39, 0.29) is 18.4 Å². The Morgan fingerprint density at radius 2 is 1.86 bits per heavy atom. The highest BCUT2D eigenvalue weighted by Gasteiger charge is 2.15. The van der Waals surface area contributed by atoms with Gasteiger partial charge in [-0.05, 0) is 106 Å². The Morgan fingerprint density at radius 3 is 2.57 bits per heavy atom. The first-order valence-corrected chi connectivity index (χ1v) is 12.3. The largest absolute Gasteiger partial charge is 0.490 e. The van der Waals surface area contributed by atoms with E-state index in [4.69, 9.17) is 9.47 Å². The highest BCUT2D eigenvalue weighted by molar-refractivity contribution is 9.11. The summed E-state index contributed by atoms with van der Waals surface area (Å²) in [5.74, 6) is 0.131. The van der Waals surface area contributed by atoms with Gasteiger partial charge < -0.3 is 14.8 Å². The number of hydrogen-bond acceptors (Lipinski definition) is 6. The number of aryl methyl sites for hydroxylation is 2. The molecule has 8 nitrogen and oxygen atoms in total. The molecule has 3 rings (SSSR count). The number of halogens is 2. The SMILES string of the molecule is CCOc1cc(/C=N/NC(=O)c2cccnc2)cc(Br)c1OCC(=O)Nc1cc(C)c(C)cc1Br. The summed E-state index contributed by atoms with van der Waals surface area (Å²) >= 11 is 6.95. The van der Waals surface area contributed by atoms with E-state index >= 15 is 0 Å². The molecule has 3 aromatic rings. The second-order valence-electron chi connectivity index (χ2n) is 7.46. The monoisotopic (exact) mass is 602 g/mol. The third-order valence-electron chi connectivity index (χ3n) is 4.84. The number of rotatable bonds is 9. The predicted molar refractivity (Wildman–Crippen MR) is 142 cm³/mol. The number of amides is 2. The highest BCUT2D eigenvalue weighted by Crippen LogP contribution is 2.36. The average Bonchev–Trinajstić information content (AvgIpc) is 2.82. The number of benzene rings is 2. The van der Waals surface area contributed by atoms with Crippen LogP contribution in [0.3, 0.4) is 0 Å². The van der Waals surface area contributed by atoms with Crippen molar-refractivity contribution in [3.63, 3.8) is 0 Å². The molecule has 1 aromatic heterocycles. The number of anilines is 1. The van der Waals surface area contributed by atoms with E-state index in [9.17, 15) is 9.59 Å². The molecular weight excluding hydrogens is 580 g/mol. The number of ether oxygens (including phenoxy) is 2. The first-order chi connectivity index (χ1) is 16.8. The van der Waals surface area contributed by atoms with Crippen LogP contribution in [0.1, 0.15) is 34.0 Å². The molecule has 182 valence electrons. The van der Waals surface area contributed by atoms with Crippen molar-refractivity contribution in [2.45, 2.75) is 20.8 Å². The van der Waals surface area contributed by atoms with Crippen LogP contribution >= 0.6 is 31.9 Å². The zero-order valence-corrected chi connectivity index (χ0v) is 22.6. The van der Waals surface area contributed by atoms with Crippen LogP contribution in [-0.2, 0) is 4.79 Å². The summed E-state index contributed by atoms with van der Waals surface area (Å²) in [5, 5.41) is 6.84. The van der Waals surface area contributed by atoms with E-state index < -0.39 is 0 Å². The molecule has 0 saturated carbocycles. The molecule has 2 aromatic carbocycles. The smallest absolute Gasteiger partial charge is 0.272 e. The third-order valence-corrected chi connectivity index (χ3v) is 6.09. The van der Waals surface area contributed by atoms with Crippen LogP contribution in [0.5, 0.6) is 11.5 Å². The fourth-order valence-electron chi connectivity index (χ4n) is 2.99. The van der Waals surface area contributed by atoms with Gasteiger partial charge in [-0.3, -0.25) is 14.6 Å². The van der Waals surface area contributed by atoms with Crippen LogP contribution in [0.15, 0.2) is 62.8 Å². The normalized spacial score (nSPS) is 10.8. The van der Waals surface area contributed by atoms with Gasteiger partial charge in [-0.2, -0.15) is 5.10 Å². The molecule has 2 amide bonds. The van der Waals surface area contributed by atoms with Crippen LogP contribution in [0.4, 0.5) is 5.69 Å². The number of hydrogen-bond donors (Lipinski definition) is 2. The Hall–Kier alpha value is -3.24.